The number of epoxide rings is 1. The fourth-order valence-electron chi connectivity index (χ4n) is 3.80. The van der Waals surface area contributed by atoms with Gasteiger partial charge in [0.05, 0.1) is 6.10 Å². The van der Waals surface area contributed by atoms with Crippen molar-refractivity contribution < 1.29 is 39.1 Å². The molecule has 0 unspecified atom stereocenters. The minimum atomic E-state index is -1.94. The predicted molar refractivity (Wildman–Crippen MR) is 99.4 cm³/mol. The summed E-state index contributed by atoms with van der Waals surface area (Å²) in [5.41, 5.74) is -0.776. The molecule has 1 aromatic rings. The summed E-state index contributed by atoms with van der Waals surface area (Å²) in [6.45, 7) is 4.77. The summed E-state index contributed by atoms with van der Waals surface area (Å²) < 4.78 is 16.5. The van der Waals surface area contributed by atoms with Crippen molar-refractivity contribution in [2.24, 2.45) is 0 Å². The Labute approximate surface area is 167 Å². The Balaban J connectivity index is 1.62. The molecule has 0 bridgehead atoms. The summed E-state index contributed by atoms with van der Waals surface area (Å²) in [5.74, 6) is -1.48. The first-order chi connectivity index (χ1) is 13.6. The van der Waals surface area contributed by atoms with Crippen LogP contribution in [0.4, 0.5) is 0 Å². The number of benzene rings is 1. The Morgan fingerprint density at radius 3 is 2.62 bits per heavy atom. The van der Waals surface area contributed by atoms with Crippen LogP contribution in [0.3, 0.4) is 0 Å². The SMILES string of the molecule is Cc1cc(O)cc(O)c1C(=O)O[C@@H]1CC2=C(COC([C@H]3O[C@@H]3C)=C2)C(=O)[C@]1(C)O. The Hall–Kier alpha value is -2.84. The van der Waals surface area contributed by atoms with E-state index in [9.17, 15) is 24.9 Å². The van der Waals surface area contributed by atoms with Crippen LogP contribution >= 0.6 is 0 Å². The van der Waals surface area contributed by atoms with E-state index in [0.29, 0.717) is 22.5 Å². The van der Waals surface area contributed by atoms with Crippen molar-refractivity contribution in [1.29, 1.82) is 0 Å². The van der Waals surface area contributed by atoms with E-state index in [4.69, 9.17) is 14.2 Å². The van der Waals surface area contributed by atoms with Crippen LogP contribution in [-0.4, -0.2) is 57.6 Å². The number of aromatic hydroxyl groups is 2. The van der Waals surface area contributed by atoms with E-state index >= 15 is 0 Å². The summed E-state index contributed by atoms with van der Waals surface area (Å²) in [5, 5.41) is 30.3. The number of phenolic OH excluding ortho intramolecular Hbond substituents is 2. The zero-order valence-corrected chi connectivity index (χ0v) is 16.3. The van der Waals surface area contributed by atoms with Gasteiger partial charge < -0.3 is 29.5 Å². The van der Waals surface area contributed by atoms with Gasteiger partial charge in [0.1, 0.15) is 41.6 Å². The number of ketones is 1. The number of aliphatic hydroxyl groups is 1. The van der Waals surface area contributed by atoms with Crippen LogP contribution in [-0.2, 0) is 19.0 Å². The second-order valence-corrected chi connectivity index (χ2v) is 7.83. The standard InChI is InChI=1S/C21H22O8/c1-9-4-12(22)7-14(23)17(9)20(25)29-16-6-11-5-15(18-10(2)28-18)27-8-13(11)19(24)21(16,3)26/h4-5,7,10,16,18,22-23,26H,6,8H2,1-3H3/t10-,16-,18+,21-/m1/s1. The number of ether oxygens (including phenoxy) is 3. The first-order valence-corrected chi connectivity index (χ1v) is 9.32. The fraction of sp³-hybridized carbons (Fsp3) is 0.429. The molecule has 2 aliphatic heterocycles. The smallest absolute Gasteiger partial charge is 0.342 e. The van der Waals surface area contributed by atoms with E-state index < -0.39 is 29.2 Å². The predicted octanol–water partition coefficient (Wildman–Crippen LogP) is 1.65. The number of hydrogen-bond acceptors (Lipinski definition) is 8. The molecule has 3 aliphatic rings. The van der Waals surface area contributed by atoms with Crippen molar-refractivity contribution in [2.75, 3.05) is 6.61 Å². The highest BCUT2D eigenvalue weighted by Crippen LogP contribution is 2.40. The summed E-state index contributed by atoms with van der Waals surface area (Å²) in [6.07, 6.45) is 0.566. The van der Waals surface area contributed by atoms with Crippen molar-refractivity contribution in [1.82, 2.24) is 0 Å². The highest BCUT2D eigenvalue weighted by Gasteiger charge is 2.50. The lowest BCUT2D eigenvalue weighted by molar-refractivity contribution is -0.146. The van der Waals surface area contributed by atoms with Gasteiger partial charge in [-0.25, -0.2) is 4.79 Å². The average molecular weight is 402 g/mol. The number of carbonyl (C=O) groups is 2. The van der Waals surface area contributed by atoms with Gasteiger partial charge in [0, 0.05) is 18.1 Å². The third-order valence-electron chi connectivity index (χ3n) is 5.60. The zero-order valence-electron chi connectivity index (χ0n) is 16.3. The van der Waals surface area contributed by atoms with Crippen LogP contribution in [0.25, 0.3) is 0 Å². The Morgan fingerprint density at radius 1 is 1.31 bits per heavy atom. The second kappa shape index (κ2) is 6.60. The molecule has 1 saturated heterocycles. The van der Waals surface area contributed by atoms with Gasteiger partial charge >= 0.3 is 5.97 Å². The molecule has 0 amide bonds. The largest absolute Gasteiger partial charge is 0.508 e. The van der Waals surface area contributed by atoms with E-state index in [1.807, 2.05) is 6.92 Å². The number of hydrogen-bond donors (Lipinski definition) is 3. The quantitative estimate of drug-likeness (QED) is 0.515. The van der Waals surface area contributed by atoms with Crippen LogP contribution in [0.2, 0.25) is 0 Å². The maximum absolute atomic E-state index is 12.8. The number of allylic oxidation sites excluding steroid dienone is 1. The van der Waals surface area contributed by atoms with Gasteiger partial charge in [-0.3, -0.25) is 4.79 Å². The minimum Gasteiger partial charge on any atom is -0.508 e. The lowest BCUT2D eigenvalue weighted by atomic mass is 9.77. The van der Waals surface area contributed by atoms with Gasteiger partial charge in [0.15, 0.2) is 11.4 Å². The fourth-order valence-corrected chi connectivity index (χ4v) is 3.80. The maximum atomic E-state index is 12.8. The molecule has 1 aromatic carbocycles. The van der Waals surface area contributed by atoms with Gasteiger partial charge in [-0.15, -0.1) is 0 Å². The molecule has 0 saturated carbocycles. The third kappa shape index (κ3) is 3.28. The number of phenols is 2. The Morgan fingerprint density at radius 2 is 2.00 bits per heavy atom. The molecule has 2 heterocycles. The number of rotatable bonds is 3. The molecular formula is C21H22O8. The summed E-state index contributed by atoms with van der Waals surface area (Å²) in [6, 6.07) is 2.34. The molecule has 0 radical (unpaired) electrons. The van der Waals surface area contributed by atoms with E-state index in [1.165, 1.54) is 19.9 Å². The number of esters is 1. The second-order valence-electron chi connectivity index (χ2n) is 7.83. The van der Waals surface area contributed by atoms with E-state index in [2.05, 4.69) is 0 Å². The molecular weight excluding hydrogens is 380 g/mol. The van der Waals surface area contributed by atoms with Crippen LogP contribution in [0.5, 0.6) is 11.5 Å². The molecule has 8 nitrogen and oxygen atoms in total. The molecule has 29 heavy (non-hydrogen) atoms. The van der Waals surface area contributed by atoms with Crippen molar-refractivity contribution in [3.05, 3.63) is 46.2 Å². The van der Waals surface area contributed by atoms with Gasteiger partial charge in [-0.05, 0) is 44.1 Å². The zero-order chi connectivity index (χ0) is 21.1. The van der Waals surface area contributed by atoms with E-state index in [0.717, 1.165) is 6.07 Å². The highest BCUT2D eigenvalue weighted by atomic mass is 16.6. The Bertz CT molecular complexity index is 948. The molecule has 1 fully saturated rings. The molecule has 0 spiro atoms. The number of Topliss-reactive ketones (excluding diaryl/α,β-unsaturated/α-hetero) is 1. The monoisotopic (exact) mass is 402 g/mol. The van der Waals surface area contributed by atoms with Crippen molar-refractivity contribution in [3.63, 3.8) is 0 Å². The van der Waals surface area contributed by atoms with Crippen LogP contribution in [0.1, 0.15) is 36.2 Å². The number of aryl methyl sites for hydroxylation is 1. The Kier molecular flexibility index (Phi) is 4.43. The number of carbonyl (C=O) groups excluding carboxylic acids is 2. The summed E-state index contributed by atoms with van der Waals surface area (Å²) >= 11 is 0. The van der Waals surface area contributed by atoms with Gasteiger partial charge in [0.25, 0.3) is 0 Å². The van der Waals surface area contributed by atoms with Crippen LogP contribution in [0, 0.1) is 6.92 Å². The molecule has 8 heteroatoms. The molecule has 1 aliphatic carbocycles. The topological polar surface area (TPSA) is 126 Å². The van der Waals surface area contributed by atoms with Crippen molar-refractivity contribution in [3.8, 4) is 11.5 Å². The first-order valence-electron chi connectivity index (χ1n) is 9.32. The van der Waals surface area contributed by atoms with Crippen LogP contribution in [0.15, 0.2) is 35.1 Å². The van der Waals surface area contributed by atoms with E-state index in [-0.39, 0.29) is 36.5 Å². The normalized spacial score (nSPS) is 31.0. The average Bonchev–Trinajstić information content (AvgIpc) is 3.35. The molecule has 0 aromatic heterocycles. The maximum Gasteiger partial charge on any atom is 0.342 e. The molecule has 154 valence electrons. The van der Waals surface area contributed by atoms with Gasteiger partial charge in [-0.2, -0.15) is 0 Å². The van der Waals surface area contributed by atoms with Crippen molar-refractivity contribution in [2.45, 2.75) is 51.1 Å². The van der Waals surface area contributed by atoms with Crippen molar-refractivity contribution >= 4 is 11.8 Å². The van der Waals surface area contributed by atoms with Crippen LogP contribution < -0.4 is 0 Å². The molecule has 4 atom stereocenters. The minimum absolute atomic E-state index is 0.0290. The summed E-state index contributed by atoms with van der Waals surface area (Å²) in [7, 11) is 0. The lowest BCUT2D eigenvalue weighted by Crippen LogP contribution is -2.53. The van der Waals surface area contributed by atoms with E-state index in [1.54, 1.807) is 6.08 Å². The summed E-state index contributed by atoms with van der Waals surface area (Å²) in [4.78, 5) is 25.5. The first kappa shape index (κ1) is 19.5. The lowest BCUT2D eigenvalue weighted by Gasteiger charge is -2.38. The molecule has 4 rings (SSSR count). The third-order valence-corrected chi connectivity index (χ3v) is 5.60. The highest BCUT2D eigenvalue weighted by molar-refractivity contribution is 6.05. The molecule has 3 N–H and O–H groups in total. The van der Waals surface area contributed by atoms with Gasteiger partial charge in [-0.1, -0.05) is 0 Å². The van der Waals surface area contributed by atoms with Gasteiger partial charge in [0.2, 0.25) is 0 Å².